The fourth-order valence-electron chi connectivity index (χ4n) is 3.12. The summed E-state index contributed by atoms with van der Waals surface area (Å²) in [6.07, 6.45) is 2.44. The molecule has 0 saturated carbocycles. The van der Waals surface area contributed by atoms with Crippen LogP contribution in [-0.4, -0.2) is 22.5 Å². The summed E-state index contributed by atoms with van der Waals surface area (Å²) in [7, 11) is 0. The van der Waals surface area contributed by atoms with E-state index in [0.29, 0.717) is 17.9 Å². The Balaban J connectivity index is 1.58. The molecule has 2 aromatic carbocycles. The van der Waals surface area contributed by atoms with Gasteiger partial charge in [-0.3, -0.25) is 0 Å². The van der Waals surface area contributed by atoms with E-state index in [2.05, 4.69) is 46.5 Å². The van der Waals surface area contributed by atoms with Crippen molar-refractivity contribution in [3.63, 3.8) is 0 Å². The topological polar surface area (TPSA) is 52.1 Å². The third kappa shape index (κ3) is 4.55. The molecular weight excluding hydrogens is 412 g/mol. The number of carbonyl (C=O) groups excluding carboxylic acids is 1. The van der Waals surface area contributed by atoms with Crippen LogP contribution in [0.4, 0.5) is 0 Å². The van der Waals surface area contributed by atoms with Gasteiger partial charge in [0, 0.05) is 16.7 Å². The quantitative estimate of drug-likeness (QED) is 0.188. The number of hydrogen-bond acceptors (Lipinski definition) is 6. The summed E-state index contributed by atoms with van der Waals surface area (Å²) in [4.78, 5) is 22.2. The number of carbonyl (C=O) groups is 1. The molecule has 0 bridgehead atoms. The first-order valence-corrected chi connectivity index (χ1v) is 11.7. The molecule has 0 aliphatic rings. The van der Waals surface area contributed by atoms with Crippen LogP contribution in [0.1, 0.15) is 34.8 Å². The second kappa shape index (κ2) is 9.41. The summed E-state index contributed by atoms with van der Waals surface area (Å²) in [6, 6.07) is 16.2. The Morgan fingerprint density at radius 1 is 1.13 bits per heavy atom. The molecule has 152 valence electrons. The van der Waals surface area contributed by atoms with Gasteiger partial charge in [-0.05, 0) is 36.6 Å². The zero-order valence-corrected chi connectivity index (χ0v) is 18.6. The summed E-state index contributed by atoms with van der Waals surface area (Å²) in [5.74, 6) is 0.442. The molecule has 2 heterocycles. The van der Waals surface area contributed by atoms with Crippen molar-refractivity contribution in [2.75, 3.05) is 6.61 Å². The van der Waals surface area contributed by atoms with E-state index in [4.69, 9.17) is 4.74 Å². The molecule has 0 aliphatic heterocycles. The predicted molar refractivity (Wildman–Crippen MR) is 124 cm³/mol. The van der Waals surface area contributed by atoms with Crippen molar-refractivity contribution in [2.24, 2.45) is 0 Å². The predicted octanol–water partition coefficient (Wildman–Crippen LogP) is 6.53. The zero-order valence-electron chi connectivity index (χ0n) is 16.9. The first-order chi connectivity index (χ1) is 14.7. The minimum Gasteiger partial charge on any atom is -0.462 e. The number of esters is 1. The largest absolute Gasteiger partial charge is 0.462 e. The lowest BCUT2D eigenvalue weighted by molar-refractivity contribution is 0.0505. The molecule has 0 spiro atoms. The lowest BCUT2D eigenvalue weighted by Gasteiger charge is -2.07. The molecule has 30 heavy (non-hydrogen) atoms. The summed E-state index contributed by atoms with van der Waals surface area (Å²) in [6.45, 7) is 4.51. The Bertz CT molecular complexity index is 1170. The molecule has 4 aromatic rings. The standard InChI is InChI=1S/C24H22N2O2S2/c1-3-11-28-24(27)19-6-4-5-17(12-19)13-29-22-21-20(14-30-23(21)26-15-25-22)18-9-7-16(2)8-10-18/h4-10,12,14-15H,3,11,13H2,1-2H3. The van der Waals surface area contributed by atoms with Gasteiger partial charge in [0.05, 0.1) is 17.6 Å². The third-order valence-electron chi connectivity index (χ3n) is 4.67. The van der Waals surface area contributed by atoms with Gasteiger partial charge in [-0.2, -0.15) is 0 Å². The number of rotatable bonds is 7. The van der Waals surface area contributed by atoms with Gasteiger partial charge >= 0.3 is 5.97 Å². The Kier molecular flexibility index (Phi) is 6.45. The lowest BCUT2D eigenvalue weighted by Crippen LogP contribution is -2.06. The fourth-order valence-corrected chi connectivity index (χ4v) is 5.06. The van der Waals surface area contributed by atoms with Gasteiger partial charge in [-0.25, -0.2) is 14.8 Å². The number of hydrogen-bond donors (Lipinski definition) is 0. The van der Waals surface area contributed by atoms with Gasteiger partial charge in [0.2, 0.25) is 0 Å². The highest BCUT2D eigenvalue weighted by molar-refractivity contribution is 7.98. The molecular formula is C24H22N2O2S2. The molecule has 4 rings (SSSR count). The molecule has 0 atom stereocenters. The van der Waals surface area contributed by atoms with E-state index < -0.39 is 0 Å². The minimum absolute atomic E-state index is 0.271. The molecule has 6 heteroatoms. The van der Waals surface area contributed by atoms with Crippen molar-refractivity contribution in [2.45, 2.75) is 31.0 Å². The van der Waals surface area contributed by atoms with Crippen LogP contribution in [0, 0.1) is 6.92 Å². The number of ether oxygens (including phenoxy) is 1. The zero-order chi connectivity index (χ0) is 20.9. The smallest absolute Gasteiger partial charge is 0.338 e. The van der Waals surface area contributed by atoms with E-state index in [0.717, 1.165) is 32.8 Å². The summed E-state index contributed by atoms with van der Waals surface area (Å²) >= 11 is 3.30. The van der Waals surface area contributed by atoms with E-state index in [1.54, 1.807) is 35.5 Å². The number of benzene rings is 2. The highest BCUT2D eigenvalue weighted by Gasteiger charge is 2.14. The number of thiophene rings is 1. The van der Waals surface area contributed by atoms with Crippen molar-refractivity contribution in [1.82, 2.24) is 9.97 Å². The first-order valence-electron chi connectivity index (χ1n) is 9.84. The van der Waals surface area contributed by atoms with Crippen LogP contribution in [0.3, 0.4) is 0 Å². The van der Waals surface area contributed by atoms with Gasteiger partial charge in [-0.1, -0.05) is 48.9 Å². The van der Waals surface area contributed by atoms with Gasteiger partial charge in [0.1, 0.15) is 16.2 Å². The number of fused-ring (bicyclic) bond motifs is 1. The van der Waals surface area contributed by atoms with Crippen molar-refractivity contribution >= 4 is 39.3 Å². The highest BCUT2D eigenvalue weighted by Crippen LogP contribution is 2.38. The Hall–Kier alpha value is -2.70. The van der Waals surface area contributed by atoms with E-state index in [1.165, 1.54) is 11.1 Å². The van der Waals surface area contributed by atoms with Crippen molar-refractivity contribution in [1.29, 1.82) is 0 Å². The van der Waals surface area contributed by atoms with E-state index >= 15 is 0 Å². The van der Waals surface area contributed by atoms with Crippen LogP contribution in [0.5, 0.6) is 0 Å². The molecule has 2 aromatic heterocycles. The van der Waals surface area contributed by atoms with E-state index in [1.807, 2.05) is 25.1 Å². The summed E-state index contributed by atoms with van der Waals surface area (Å²) < 4.78 is 5.25. The maximum Gasteiger partial charge on any atom is 0.338 e. The number of aryl methyl sites for hydroxylation is 1. The monoisotopic (exact) mass is 434 g/mol. The lowest BCUT2D eigenvalue weighted by atomic mass is 10.1. The molecule has 0 saturated heterocycles. The molecule has 0 radical (unpaired) electrons. The minimum atomic E-state index is -0.271. The maximum absolute atomic E-state index is 12.1. The van der Waals surface area contributed by atoms with Crippen molar-refractivity contribution < 1.29 is 9.53 Å². The van der Waals surface area contributed by atoms with Crippen molar-refractivity contribution in [3.05, 3.63) is 76.9 Å². The van der Waals surface area contributed by atoms with Crippen LogP contribution >= 0.6 is 23.1 Å². The van der Waals surface area contributed by atoms with Crippen molar-refractivity contribution in [3.8, 4) is 11.1 Å². The fraction of sp³-hybridized carbons (Fsp3) is 0.208. The number of thioether (sulfide) groups is 1. The van der Waals surface area contributed by atoms with Gasteiger partial charge in [-0.15, -0.1) is 23.1 Å². The molecule has 0 N–H and O–H groups in total. The first kappa shape index (κ1) is 20.6. The molecule has 0 aliphatic carbocycles. The summed E-state index contributed by atoms with van der Waals surface area (Å²) in [5.41, 5.74) is 5.22. The maximum atomic E-state index is 12.1. The molecule has 0 amide bonds. The van der Waals surface area contributed by atoms with Gasteiger partial charge in [0.25, 0.3) is 0 Å². The molecule has 4 nitrogen and oxygen atoms in total. The van der Waals surface area contributed by atoms with Crippen LogP contribution in [0.15, 0.2) is 65.3 Å². The average Bonchev–Trinajstić information content (AvgIpc) is 3.21. The van der Waals surface area contributed by atoms with Crippen LogP contribution < -0.4 is 0 Å². The normalized spacial score (nSPS) is 11.0. The highest BCUT2D eigenvalue weighted by atomic mass is 32.2. The molecule has 0 unspecified atom stereocenters. The SMILES string of the molecule is CCCOC(=O)c1cccc(CSc2ncnc3scc(-c4ccc(C)cc4)c23)c1. The molecule has 0 fully saturated rings. The average molecular weight is 435 g/mol. The second-order valence-corrected chi connectivity index (χ2v) is 8.82. The third-order valence-corrected chi connectivity index (χ3v) is 6.62. The van der Waals surface area contributed by atoms with Crippen LogP contribution in [-0.2, 0) is 10.5 Å². The number of aromatic nitrogens is 2. The van der Waals surface area contributed by atoms with Gasteiger partial charge < -0.3 is 4.74 Å². The Morgan fingerprint density at radius 3 is 2.77 bits per heavy atom. The Morgan fingerprint density at radius 2 is 1.97 bits per heavy atom. The van der Waals surface area contributed by atoms with E-state index in [9.17, 15) is 4.79 Å². The van der Waals surface area contributed by atoms with Crippen LogP contribution in [0.25, 0.3) is 21.3 Å². The van der Waals surface area contributed by atoms with E-state index in [-0.39, 0.29) is 5.97 Å². The van der Waals surface area contributed by atoms with Gasteiger partial charge in [0.15, 0.2) is 0 Å². The number of nitrogens with zero attached hydrogens (tertiary/aromatic N) is 2. The summed E-state index contributed by atoms with van der Waals surface area (Å²) in [5, 5.41) is 4.20. The van der Waals surface area contributed by atoms with Crippen LogP contribution in [0.2, 0.25) is 0 Å². The Labute approximate surface area is 184 Å². The second-order valence-electron chi connectivity index (χ2n) is 7.00.